The third-order valence-electron chi connectivity index (χ3n) is 5.82. The van der Waals surface area contributed by atoms with Crippen molar-refractivity contribution in [3.63, 3.8) is 0 Å². The largest absolute Gasteiger partial charge is 0.481 e. The van der Waals surface area contributed by atoms with Crippen LogP contribution in [-0.2, 0) is 11.3 Å². The molecule has 4 rings (SSSR count). The van der Waals surface area contributed by atoms with Crippen LogP contribution < -0.4 is 16.7 Å². The van der Waals surface area contributed by atoms with Crippen molar-refractivity contribution in [3.8, 4) is 0 Å². The summed E-state index contributed by atoms with van der Waals surface area (Å²) in [4.78, 5) is 42.0. The van der Waals surface area contributed by atoms with Crippen molar-refractivity contribution in [2.45, 2.75) is 33.4 Å². The number of halogens is 2. The maximum atomic E-state index is 13.5. The number of carboxylic acid groups (broad SMARTS) is 1. The number of hydrogen-bond acceptors (Lipinski definition) is 6. The minimum absolute atomic E-state index is 0.0167. The Balaban J connectivity index is 1.85. The number of nitrogens with zero attached hydrogens (tertiary/aromatic N) is 3. The number of aliphatic carboxylic acids is 1. The van der Waals surface area contributed by atoms with Gasteiger partial charge in [-0.2, -0.15) is 4.98 Å². The summed E-state index contributed by atoms with van der Waals surface area (Å²) in [6.07, 6.45) is 0. The highest BCUT2D eigenvalue weighted by Crippen LogP contribution is 2.31. The quantitative estimate of drug-likeness (QED) is 0.360. The van der Waals surface area contributed by atoms with Crippen LogP contribution in [-0.4, -0.2) is 25.2 Å². The van der Waals surface area contributed by atoms with Gasteiger partial charge in [-0.15, -0.1) is 0 Å². The number of aryl methyl sites for hydroxylation is 1. The summed E-state index contributed by atoms with van der Waals surface area (Å²) in [5, 5.41) is 14.0. The van der Waals surface area contributed by atoms with Crippen molar-refractivity contribution in [3.05, 3.63) is 84.8 Å². The highest BCUT2D eigenvalue weighted by atomic mass is 35.5. The zero-order valence-electron chi connectivity index (χ0n) is 19.1. The molecular weight excluding hydrogens is 495 g/mol. The molecule has 1 unspecified atom stereocenters. The van der Waals surface area contributed by atoms with Crippen LogP contribution in [0.5, 0.6) is 0 Å². The van der Waals surface area contributed by atoms with Gasteiger partial charge in [-0.3, -0.25) is 9.36 Å². The summed E-state index contributed by atoms with van der Waals surface area (Å²) >= 11 is 12.3. The van der Waals surface area contributed by atoms with Gasteiger partial charge in [0, 0.05) is 16.1 Å². The van der Waals surface area contributed by atoms with E-state index in [0.29, 0.717) is 27.1 Å². The predicted octanol–water partition coefficient (Wildman–Crippen LogP) is 4.84. The molecule has 9 nitrogen and oxygen atoms in total. The lowest BCUT2D eigenvalue weighted by Crippen LogP contribution is -2.46. The molecule has 0 radical (unpaired) electrons. The smallest absolute Gasteiger partial charge is 0.355 e. The average molecular weight is 517 g/mol. The molecule has 0 saturated carbocycles. The first-order chi connectivity index (χ1) is 16.5. The molecule has 0 saturated heterocycles. The first-order valence-corrected chi connectivity index (χ1v) is 11.5. The van der Waals surface area contributed by atoms with Crippen molar-refractivity contribution in [2.75, 3.05) is 5.32 Å². The zero-order valence-corrected chi connectivity index (χ0v) is 20.6. The summed E-state index contributed by atoms with van der Waals surface area (Å²) in [7, 11) is 0. The first kappa shape index (κ1) is 24.6. The van der Waals surface area contributed by atoms with E-state index in [1.165, 1.54) is 18.4 Å². The number of carboxylic acids is 1. The molecule has 0 aliphatic rings. The van der Waals surface area contributed by atoms with Crippen molar-refractivity contribution in [1.29, 1.82) is 0 Å². The Morgan fingerprint density at radius 2 is 1.83 bits per heavy atom. The van der Waals surface area contributed by atoms with Crippen LogP contribution in [0.4, 0.5) is 11.6 Å². The molecule has 35 heavy (non-hydrogen) atoms. The molecular formula is C24H22Cl2N4O5. The normalized spacial score (nSPS) is 13.1. The van der Waals surface area contributed by atoms with Gasteiger partial charge in [-0.1, -0.05) is 35.3 Å². The summed E-state index contributed by atoms with van der Waals surface area (Å²) in [6, 6.07) is 11.1. The van der Waals surface area contributed by atoms with Gasteiger partial charge in [-0.05, 0) is 56.7 Å². The summed E-state index contributed by atoms with van der Waals surface area (Å²) < 4.78 is 7.72. The van der Waals surface area contributed by atoms with Gasteiger partial charge in [0.25, 0.3) is 0 Å². The van der Waals surface area contributed by atoms with Gasteiger partial charge in [-0.25, -0.2) is 14.2 Å². The number of furan rings is 1. The molecule has 0 fully saturated rings. The Bertz CT molecular complexity index is 1540. The lowest BCUT2D eigenvalue weighted by Gasteiger charge is -2.21. The zero-order chi connectivity index (χ0) is 25.4. The van der Waals surface area contributed by atoms with E-state index in [1.807, 2.05) is 6.07 Å². The molecule has 0 aliphatic carbocycles. The van der Waals surface area contributed by atoms with Crippen LogP contribution in [0.1, 0.15) is 31.2 Å². The molecule has 2 aromatic carbocycles. The Hall–Kier alpha value is -3.56. The number of carbonyl (C=O) groups is 1. The van der Waals surface area contributed by atoms with Crippen molar-refractivity contribution < 1.29 is 14.3 Å². The Kier molecular flexibility index (Phi) is 6.73. The summed E-state index contributed by atoms with van der Waals surface area (Å²) in [6.45, 7) is 4.78. The van der Waals surface area contributed by atoms with Crippen LogP contribution in [0.15, 0.2) is 56.5 Å². The van der Waals surface area contributed by atoms with Crippen LogP contribution in [0.2, 0.25) is 10.0 Å². The minimum Gasteiger partial charge on any atom is -0.481 e. The molecule has 0 amide bonds. The summed E-state index contributed by atoms with van der Waals surface area (Å²) in [5.74, 6) is -1.46. The molecule has 2 heterocycles. The topological polar surface area (TPSA) is 119 Å². The fourth-order valence-corrected chi connectivity index (χ4v) is 4.13. The van der Waals surface area contributed by atoms with E-state index < -0.39 is 29.3 Å². The van der Waals surface area contributed by atoms with E-state index in [2.05, 4.69) is 10.3 Å². The van der Waals surface area contributed by atoms with Crippen molar-refractivity contribution in [2.24, 2.45) is 5.92 Å². The third-order valence-corrected chi connectivity index (χ3v) is 6.36. The number of aromatic nitrogens is 3. The maximum Gasteiger partial charge on any atom is 0.355 e. The number of fused-ring (bicyclic) bond motifs is 1. The fourth-order valence-electron chi connectivity index (χ4n) is 3.74. The lowest BCUT2D eigenvalue weighted by molar-refractivity contribution is -0.142. The highest BCUT2D eigenvalue weighted by molar-refractivity contribution is 6.35. The van der Waals surface area contributed by atoms with Crippen molar-refractivity contribution in [1.82, 2.24) is 14.1 Å². The minimum atomic E-state index is -1.13. The van der Waals surface area contributed by atoms with E-state index in [-0.39, 0.29) is 12.5 Å². The molecule has 182 valence electrons. The second-order valence-corrected chi connectivity index (χ2v) is 9.15. The van der Waals surface area contributed by atoms with E-state index in [0.717, 1.165) is 15.5 Å². The number of hydrogen-bond donors (Lipinski definition) is 2. The molecule has 0 aliphatic heterocycles. The fraction of sp³-hybridized carbons (Fsp3) is 0.250. The van der Waals surface area contributed by atoms with Crippen LogP contribution in [0.3, 0.4) is 0 Å². The Labute approximate surface area is 209 Å². The molecule has 2 N–H and O–H groups in total. The van der Waals surface area contributed by atoms with E-state index >= 15 is 0 Å². The second kappa shape index (κ2) is 9.59. The number of benzene rings is 2. The SMILES string of the molecule is Cc1cc2cc(Nc3nc(=O)n(C(C)[C@@H](C)C(=O)O)c(=O)n3Cc3ccc(Cl)cc3)cc(Cl)c2o1. The van der Waals surface area contributed by atoms with Gasteiger partial charge >= 0.3 is 17.3 Å². The van der Waals surface area contributed by atoms with E-state index in [1.54, 1.807) is 43.3 Å². The maximum absolute atomic E-state index is 13.5. The highest BCUT2D eigenvalue weighted by Gasteiger charge is 2.26. The second-order valence-electron chi connectivity index (χ2n) is 8.31. The van der Waals surface area contributed by atoms with Crippen LogP contribution >= 0.6 is 23.2 Å². The molecule has 2 atom stereocenters. The number of anilines is 2. The lowest BCUT2D eigenvalue weighted by atomic mass is 10.0. The van der Waals surface area contributed by atoms with Crippen LogP contribution in [0.25, 0.3) is 11.0 Å². The average Bonchev–Trinajstić information content (AvgIpc) is 3.17. The molecule has 0 bridgehead atoms. The predicted molar refractivity (Wildman–Crippen MR) is 134 cm³/mol. The van der Waals surface area contributed by atoms with E-state index in [4.69, 9.17) is 27.6 Å². The molecule has 11 heteroatoms. The summed E-state index contributed by atoms with van der Waals surface area (Å²) in [5.41, 5.74) is 0.174. The molecule has 4 aromatic rings. The Morgan fingerprint density at radius 1 is 1.14 bits per heavy atom. The Morgan fingerprint density at radius 3 is 2.49 bits per heavy atom. The van der Waals surface area contributed by atoms with Gasteiger partial charge in [0.05, 0.1) is 23.5 Å². The van der Waals surface area contributed by atoms with Gasteiger partial charge in [0.2, 0.25) is 5.95 Å². The van der Waals surface area contributed by atoms with Crippen LogP contribution in [0, 0.1) is 12.8 Å². The molecule has 2 aromatic heterocycles. The molecule has 0 spiro atoms. The monoisotopic (exact) mass is 516 g/mol. The van der Waals surface area contributed by atoms with E-state index in [9.17, 15) is 19.5 Å². The van der Waals surface area contributed by atoms with Gasteiger partial charge in [0.1, 0.15) is 5.76 Å². The third kappa shape index (κ3) is 4.96. The number of nitrogens with one attached hydrogen (secondary N) is 1. The van der Waals surface area contributed by atoms with Gasteiger partial charge < -0.3 is 14.8 Å². The van der Waals surface area contributed by atoms with Gasteiger partial charge in [0.15, 0.2) is 5.58 Å². The first-order valence-electron chi connectivity index (χ1n) is 10.7. The standard InChI is InChI=1S/C24H22Cl2N4O5/c1-12-8-16-9-18(10-19(26)20(16)35-12)27-22-28-23(33)30(14(3)13(2)21(31)32)24(34)29(22)11-15-4-6-17(25)7-5-15/h4-10,13-14H,11H2,1-3H3,(H,31,32)(H,27,28,33)/t13-,14?/m1/s1. The number of rotatable bonds is 7. The van der Waals surface area contributed by atoms with Crippen molar-refractivity contribution >= 4 is 51.8 Å².